The van der Waals surface area contributed by atoms with E-state index in [0.717, 1.165) is 24.2 Å². The van der Waals surface area contributed by atoms with Crippen molar-refractivity contribution in [1.82, 2.24) is 14.8 Å². The largest absolute Gasteiger partial charge is 0.435 e. The van der Waals surface area contributed by atoms with Crippen molar-refractivity contribution in [2.45, 2.75) is 49.2 Å². The standard InChI is InChI=1S/C16H18F2N4O2S/c17-15(18)24-12-3-1-2-10(8-12)9-25-16-21-20-14(11-4-5-11)22(16)7-6-13(19)23/h1-3,8,11,15H,4-7,9H2,(H2,19,23). The summed E-state index contributed by atoms with van der Waals surface area (Å²) in [6, 6.07) is 6.56. The van der Waals surface area contributed by atoms with Gasteiger partial charge in [0.2, 0.25) is 5.91 Å². The van der Waals surface area contributed by atoms with Gasteiger partial charge in [0.05, 0.1) is 0 Å². The molecule has 0 saturated heterocycles. The molecule has 25 heavy (non-hydrogen) atoms. The third-order valence-electron chi connectivity index (χ3n) is 3.76. The number of benzene rings is 1. The number of ether oxygens (including phenoxy) is 1. The second kappa shape index (κ2) is 7.81. The van der Waals surface area contributed by atoms with Crippen LogP contribution < -0.4 is 10.5 Å². The Bertz CT molecular complexity index is 749. The summed E-state index contributed by atoms with van der Waals surface area (Å²) < 4.78 is 31.0. The molecule has 1 aliphatic rings. The fourth-order valence-electron chi connectivity index (χ4n) is 2.44. The maximum atomic E-state index is 12.3. The molecular formula is C16H18F2N4O2S. The first-order valence-electron chi connectivity index (χ1n) is 7.91. The molecule has 1 aromatic carbocycles. The number of hydrogen-bond acceptors (Lipinski definition) is 5. The first-order valence-corrected chi connectivity index (χ1v) is 8.89. The highest BCUT2D eigenvalue weighted by Gasteiger charge is 2.30. The zero-order valence-electron chi connectivity index (χ0n) is 13.4. The first kappa shape index (κ1) is 17.7. The van der Waals surface area contributed by atoms with Crippen LogP contribution in [0.4, 0.5) is 8.78 Å². The minimum atomic E-state index is -2.85. The van der Waals surface area contributed by atoms with Crippen LogP contribution in [-0.2, 0) is 17.1 Å². The van der Waals surface area contributed by atoms with Gasteiger partial charge in [-0.05, 0) is 30.5 Å². The van der Waals surface area contributed by atoms with Crippen LogP contribution in [0, 0.1) is 0 Å². The van der Waals surface area contributed by atoms with Crippen molar-refractivity contribution in [1.29, 1.82) is 0 Å². The van der Waals surface area contributed by atoms with Crippen molar-refractivity contribution in [3.05, 3.63) is 35.7 Å². The molecule has 0 spiro atoms. The number of amides is 1. The molecule has 1 saturated carbocycles. The van der Waals surface area contributed by atoms with Gasteiger partial charge in [-0.1, -0.05) is 23.9 Å². The molecule has 2 N–H and O–H groups in total. The summed E-state index contributed by atoms with van der Waals surface area (Å²) >= 11 is 1.44. The molecular weight excluding hydrogens is 350 g/mol. The van der Waals surface area contributed by atoms with Gasteiger partial charge < -0.3 is 15.0 Å². The van der Waals surface area contributed by atoms with Crippen molar-refractivity contribution in [3.8, 4) is 5.75 Å². The number of primary amides is 1. The molecule has 0 radical (unpaired) electrons. The smallest absolute Gasteiger partial charge is 0.387 e. The summed E-state index contributed by atoms with van der Waals surface area (Å²) in [5.41, 5.74) is 6.08. The summed E-state index contributed by atoms with van der Waals surface area (Å²) in [5, 5.41) is 9.15. The fourth-order valence-corrected chi connectivity index (χ4v) is 3.36. The van der Waals surface area contributed by atoms with E-state index in [-0.39, 0.29) is 18.1 Å². The number of thioether (sulfide) groups is 1. The van der Waals surface area contributed by atoms with Crippen molar-refractivity contribution >= 4 is 17.7 Å². The average molecular weight is 368 g/mol. The van der Waals surface area contributed by atoms with Crippen LogP contribution >= 0.6 is 11.8 Å². The summed E-state index contributed by atoms with van der Waals surface area (Å²) in [7, 11) is 0. The van der Waals surface area contributed by atoms with E-state index < -0.39 is 6.61 Å². The second-order valence-corrected chi connectivity index (χ2v) is 6.74. The van der Waals surface area contributed by atoms with E-state index in [9.17, 15) is 13.6 Å². The van der Waals surface area contributed by atoms with Gasteiger partial charge in [0.1, 0.15) is 11.6 Å². The Hall–Kier alpha value is -2.16. The maximum absolute atomic E-state index is 12.3. The Morgan fingerprint density at radius 1 is 1.40 bits per heavy atom. The summed E-state index contributed by atoms with van der Waals surface area (Å²) in [4.78, 5) is 11.1. The zero-order chi connectivity index (χ0) is 17.8. The highest BCUT2D eigenvalue weighted by molar-refractivity contribution is 7.98. The molecule has 0 aliphatic heterocycles. The number of nitrogens with zero attached hydrogens (tertiary/aromatic N) is 3. The fraction of sp³-hybridized carbons (Fsp3) is 0.438. The van der Waals surface area contributed by atoms with Crippen LogP contribution in [0.2, 0.25) is 0 Å². The first-order chi connectivity index (χ1) is 12.0. The SMILES string of the molecule is NC(=O)CCn1c(SCc2cccc(OC(F)F)c2)nnc1C1CC1. The lowest BCUT2D eigenvalue weighted by molar-refractivity contribution is -0.118. The van der Waals surface area contributed by atoms with E-state index in [1.807, 2.05) is 10.6 Å². The summed E-state index contributed by atoms with van der Waals surface area (Å²) in [6.45, 7) is -2.40. The monoisotopic (exact) mass is 368 g/mol. The van der Waals surface area contributed by atoms with Crippen molar-refractivity contribution in [2.75, 3.05) is 0 Å². The molecule has 1 amide bonds. The Labute approximate surface area is 147 Å². The van der Waals surface area contributed by atoms with Crippen molar-refractivity contribution < 1.29 is 18.3 Å². The summed E-state index contributed by atoms with van der Waals surface area (Å²) in [6.07, 6.45) is 2.38. The zero-order valence-corrected chi connectivity index (χ0v) is 14.2. The van der Waals surface area contributed by atoms with E-state index in [1.165, 1.54) is 17.8 Å². The van der Waals surface area contributed by atoms with Gasteiger partial charge in [0.15, 0.2) is 5.16 Å². The van der Waals surface area contributed by atoms with E-state index in [1.54, 1.807) is 12.1 Å². The number of alkyl halides is 2. The molecule has 134 valence electrons. The second-order valence-electron chi connectivity index (χ2n) is 5.80. The number of rotatable bonds is 9. The van der Waals surface area contributed by atoms with E-state index in [0.29, 0.717) is 23.4 Å². The topological polar surface area (TPSA) is 83.0 Å². The molecule has 2 aromatic rings. The Morgan fingerprint density at radius 2 is 2.20 bits per heavy atom. The van der Waals surface area contributed by atoms with E-state index >= 15 is 0 Å². The van der Waals surface area contributed by atoms with Gasteiger partial charge in [0.25, 0.3) is 0 Å². The number of aromatic nitrogens is 3. The van der Waals surface area contributed by atoms with Gasteiger partial charge in [-0.2, -0.15) is 8.78 Å². The number of nitrogens with two attached hydrogens (primary N) is 1. The maximum Gasteiger partial charge on any atom is 0.387 e. The molecule has 0 unspecified atom stereocenters. The van der Waals surface area contributed by atoms with Crippen molar-refractivity contribution in [3.63, 3.8) is 0 Å². The minimum Gasteiger partial charge on any atom is -0.435 e. The molecule has 9 heteroatoms. The highest BCUT2D eigenvalue weighted by Crippen LogP contribution is 2.40. The highest BCUT2D eigenvalue weighted by atomic mass is 32.2. The van der Waals surface area contributed by atoms with E-state index in [4.69, 9.17) is 5.73 Å². The van der Waals surface area contributed by atoms with Gasteiger partial charge in [-0.3, -0.25) is 4.79 Å². The average Bonchev–Trinajstić information content (AvgIpc) is 3.31. The van der Waals surface area contributed by atoms with Gasteiger partial charge in [-0.25, -0.2) is 0 Å². The molecule has 1 aromatic heterocycles. The number of carbonyl (C=O) groups excluding carboxylic acids is 1. The lowest BCUT2D eigenvalue weighted by Gasteiger charge is -2.09. The molecule has 0 bridgehead atoms. The van der Waals surface area contributed by atoms with Crippen LogP contribution in [-0.4, -0.2) is 27.3 Å². The summed E-state index contributed by atoms with van der Waals surface area (Å²) in [5.74, 6) is 1.57. The number of hydrogen-bond donors (Lipinski definition) is 1. The third kappa shape index (κ3) is 4.91. The van der Waals surface area contributed by atoms with Crippen LogP contribution in [0.1, 0.15) is 36.6 Å². The Balaban J connectivity index is 1.69. The molecule has 6 nitrogen and oxygen atoms in total. The molecule has 1 fully saturated rings. The molecule has 3 rings (SSSR count). The molecule has 1 aliphatic carbocycles. The van der Waals surface area contributed by atoms with Gasteiger partial charge in [0, 0.05) is 24.6 Å². The normalized spacial score (nSPS) is 14.0. The predicted octanol–water partition coefficient (Wildman–Crippen LogP) is 2.92. The Morgan fingerprint density at radius 3 is 2.88 bits per heavy atom. The predicted molar refractivity (Wildman–Crippen MR) is 88.4 cm³/mol. The minimum absolute atomic E-state index is 0.127. The molecule has 0 atom stereocenters. The van der Waals surface area contributed by atoms with Crippen LogP contribution in [0.5, 0.6) is 5.75 Å². The third-order valence-corrected chi connectivity index (χ3v) is 4.80. The Kier molecular flexibility index (Phi) is 5.52. The van der Waals surface area contributed by atoms with Gasteiger partial charge >= 0.3 is 6.61 Å². The van der Waals surface area contributed by atoms with Crippen LogP contribution in [0.3, 0.4) is 0 Å². The lowest BCUT2D eigenvalue weighted by atomic mass is 10.2. The quantitative estimate of drug-likeness (QED) is 0.688. The van der Waals surface area contributed by atoms with Crippen molar-refractivity contribution in [2.24, 2.45) is 5.73 Å². The van der Waals surface area contributed by atoms with Crippen LogP contribution in [0.15, 0.2) is 29.4 Å². The van der Waals surface area contributed by atoms with E-state index in [2.05, 4.69) is 14.9 Å². The number of carbonyl (C=O) groups is 1. The van der Waals surface area contributed by atoms with Crippen LogP contribution in [0.25, 0.3) is 0 Å². The lowest BCUT2D eigenvalue weighted by Crippen LogP contribution is -2.15. The van der Waals surface area contributed by atoms with Gasteiger partial charge in [-0.15, -0.1) is 10.2 Å². The molecule has 1 heterocycles. The number of halogens is 2.